The van der Waals surface area contributed by atoms with E-state index in [2.05, 4.69) is 20.4 Å². The van der Waals surface area contributed by atoms with Crippen LogP contribution in [-0.4, -0.2) is 43.7 Å². The van der Waals surface area contributed by atoms with Gasteiger partial charge in [-0.05, 0) is 19.9 Å². The molecule has 7 heteroatoms. The number of aliphatic hydroxyl groups is 1. The lowest BCUT2D eigenvalue weighted by Gasteiger charge is -1.99. The molecular formula is C11H15N5O2. The van der Waals surface area contributed by atoms with Crippen LogP contribution >= 0.6 is 0 Å². The summed E-state index contributed by atoms with van der Waals surface area (Å²) in [7, 11) is 0. The number of fused-ring (bicyclic) bond motifs is 1. The number of rotatable bonds is 4. The van der Waals surface area contributed by atoms with Crippen LogP contribution in [0.4, 0.5) is 0 Å². The van der Waals surface area contributed by atoms with Gasteiger partial charge in [0.2, 0.25) is 5.91 Å². The van der Waals surface area contributed by atoms with Crippen LogP contribution in [0.15, 0.2) is 6.07 Å². The van der Waals surface area contributed by atoms with Gasteiger partial charge in [0.25, 0.3) is 5.78 Å². The standard InChI is InChI=1S/C11H15N5O2/c1-7-5-8(2)16-11(13-7)14-9(15-16)6-10(18)12-3-4-17/h5,17H,3-4,6H2,1-2H3,(H,12,18). The van der Waals surface area contributed by atoms with Gasteiger partial charge in [0, 0.05) is 17.9 Å². The Kier molecular flexibility index (Phi) is 3.52. The van der Waals surface area contributed by atoms with Gasteiger partial charge in [0.1, 0.15) is 0 Å². The van der Waals surface area contributed by atoms with E-state index >= 15 is 0 Å². The van der Waals surface area contributed by atoms with Crippen molar-refractivity contribution in [2.24, 2.45) is 0 Å². The molecule has 2 N–H and O–H groups in total. The van der Waals surface area contributed by atoms with Gasteiger partial charge in [-0.3, -0.25) is 4.79 Å². The lowest BCUT2D eigenvalue weighted by atomic mass is 10.4. The summed E-state index contributed by atoms with van der Waals surface area (Å²) in [6, 6.07) is 1.90. The van der Waals surface area contributed by atoms with E-state index in [1.165, 1.54) is 0 Å². The predicted molar refractivity (Wildman–Crippen MR) is 64.1 cm³/mol. The molecule has 0 radical (unpaired) electrons. The quantitative estimate of drug-likeness (QED) is 0.754. The highest BCUT2D eigenvalue weighted by atomic mass is 16.3. The van der Waals surface area contributed by atoms with Gasteiger partial charge in [-0.2, -0.15) is 4.98 Å². The molecule has 2 aromatic heterocycles. The smallest absolute Gasteiger partial charge is 0.252 e. The van der Waals surface area contributed by atoms with Gasteiger partial charge in [0.15, 0.2) is 5.82 Å². The fraction of sp³-hybridized carbons (Fsp3) is 0.455. The summed E-state index contributed by atoms with van der Waals surface area (Å²) >= 11 is 0. The van der Waals surface area contributed by atoms with E-state index in [0.717, 1.165) is 11.4 Å². The van der Waals surface area contributed by atoms with E-state index in [0.29, 0.717) is 11.6 Å². The molecule has 0 fully saturated rings. The number of carbonyl (C=O) groups excluding carboxylic acids is 1. The third-order valence-corrected chi connectivity index (χ3v) is 2.41. The number of carbonyl (C=O) groups is 1. The topological polar surface area (TPSA) is 92.4 Å². The molecule has 0 aliphatic carbocycles. The first-order valence-electron chi connectivity index (χ1n) is 5.67. The van der Waals surface area contributed by atoms with E-state index in [1.807, 2.05) is 19.9 Å². The number of hydrogen-bond acceptors (Lipinski definition) is 5. The number of amides is 1. The first-order valence-corrected chi connectivity index (χ1v) is 5.67. The largest absolute Gasteiger partial charge is 0.395 e. The zero-order chi connectivity index (χ0) is 13.1. The van der Waals surface area contributed by atoms with Crippen molar-refractivity contribution in [3.63, 3.8) is 0 Å². The van der Waals surface area contributed by atoms with E-state index in [4.69, 9.17) is 5.11 Å². The van der Waals surface area contributed by atoms with Crippen LogP contribution in [0.2, 0.25) is 0 Å². The summed E-state index contributed by atoms with van der Waals surface area (Å²) < 4.78 is 1.61. The second-order valence-electron chi connectivity index (χ2n) is 4.03. The summed E-state index contributed by atoms with van der Waals surface area (Å²) in [5.74, 6) is 0.707. The molecule has 0 spiro atoms. The monoisotopic (exact) mass is 249 g/mol. The van der Waals surface area contributed by atoms with Crippen molar-refractivity contribution in [2.45, 2.75) is 20.3 Å². The minimum Gasteiger partial charge on any atom is -0.395 e. The van der Waals surface area contributed by atoms with Crippen LogP contribution in [0, 0.1) is 13.8 Å². The molecule has 1 amide bonds. The summed E-state index contributed by atoms with van der Waals surface area (Å²) in [6.45, 7) is 3.95. The Bertz CT molecular complexity index is 578. The van der Waals surface area contributed by atoms with Crippen LogP contribution in [0.5, 0.6) is 0 Å². The number of nitrogens with one attached hydrogen (secondary N) is 1. The van der Waals surface area contributed by atoms with Crippen molar-refractivity contribution in [2.75, 3.05) is 13.2 Å². The molecular weight excluding hydrogens is 234 g/mol. The molecule has 0 unspecified atom stereocenters. The first-order chi connectivity index (χ1) is 8.60. The van der Waals surface area contributed by atoms with Crippen LogP contribution in [0.25, 0.3) is 5.78 Å². The molecule has 0 aliphatic heterocycles. The van der Waals surface area contributed by atoms with Gasteiger partial charge >= 0.3 is 0 Å². The highest BCUT2D eigenvalue weighted by Gasteiger charge is 2.11. The SMILES string of the molecule is Cc1cc(C)n2nc(CC(=O)NCCO)nc2n1. The Morgan fingerprint density at radius 1 is 1.44 bits per heavy atom. The lowest BCUT2D eigenvalue weighted by molar-refractivity contribution is -0.120. The number of aromatic nitrogens is 4. The average Bonchev–Trinajstić information content (AvgIpc) is 2.69. The number of aryl methyl sites for hydroxylation is 2. The average molecular weight is 249 g/mol. The van der Waals surface area contributed by atoms with Gasteiger partial charge in [0.05, 0.1) is 13.0 Å². The van der Waals surface area contributed by atoms with Gasteiger partial charge in [-0.1, -0.05) is 0 Å². The van der Waals surface area contributed by atoms with Crippen molar-refractivity contribution in [1.82, 2.24) is 24.9 Å². The third-order valence-electron chi connectivity index (χ3n) is 2.41. The highest BCUT2D eigenvalue weighted by molar-refractivity contribution is 5.77. The molecule has 96 valence electrons. The molecule has 2 heterocycles. The maximum atomic E-state index is 11.5. The van der Waals surface area contributed by atoms with E-state index in [-0.39, 0.29) is 25.5 Å². The zero-order valence-electron chi connectivity index (χ0n) is 10.3. The Balaban J connectivity index is 2.20. The van der Waals surface area contributed by atoms with Gasteiger partial charge in [-0.15, -0.1) is 5.10 Å². The van der Waals surface area contributed by atoms with Gasteiger partial charge < -0.3 is 10.4 Å². The summed E-state index contributed by atoms with van der Waals surface area (Å²) in [5, 5.41) is 15.4. The molecule has 2 rings (SSSR count). The normalized spacial score (nSPS) is 10.8. The van der Waals surface area contributed by atoms with Crippen LogP contribution in [0.1, 0.15) is 17.2 Å². The molecule has 0 saturated heterocycles. The fourth-order valence-corrected chi connectivity index (χ4v) is 1.68. The summed E-state index contributed by atoms with van der Waals surface area (Å²) in [5.41, 5.74) is 1.79. The number of nitrogens with zero attached hydrogens (tertiary/aromatic N) is 4. The molecule has 18 heavy (non-hydrogen) atoms. The fourth-order valence-electron chi connectivity index (χ4n) is 1.68. The van der Waals surface area contributed by atoms with Crippen LogP contribution < -0.4 is 5.32 Å². The number of aliphatic hydroxyl groups excluding tert-OH is 1. The molecule has 7 nitrogen and oxygen atoms in total. The molecule has 0 atom stereocenters. The Labute approximate surface area is 104 Å². The van der Waals surface area contributed by atoms with Crippen molar-refractivity contribution >= 4 is 11.7 Å². The minimum atomic E-state index is -0.214. The maximum absolute atomic E-state index is 11.5. The van der Waals surface area contributed by atoms with Crippen LogP contribution in [-0.2, 0) is 11.2 Å². The van der Waals surface area contributed by atoms with Crippen molar-refractivity contribution < 1.29 is 9.90 Å². The molecule has 0 saturated carbocycles. The van der Waals surface area contributed by atoms with E-state index in [9.17, 15) is 4.79 Å². The molecule has 0 aliphatic rings. The van der Waals surface area contributed by atoms with Crippen molar-refractivity contribution in [3.05, 3.63) is 23.3 Å². The number of hydrogen-bond donors (Lipinski definition) is 2. The second-order valence-corrected chi connectivity index (χ2v) is 4.03. The summed E-state index contributed by atoms with van der Waals surface area (Å²) in [4.78, 5) is 19.9. The highest BCUT2D eigenvalue weighted by Crippen LogP contribution is 2.05. The minimum absolute atomic E-state index is 0.0792. The summed E-state index contributed by atoms with van der Waals surface area (Å²) in [6.07, 6.45) is 0.0852. The predicted octanol–water partition coefficient (Wildman–Crippen LogP) is -0.608. The maximum Gasteiger partial charge on any atom is 0.252 e. The Morgan fingerprint density at radius 2 is 2.22 bits per heavy atom. The molecule has 2 aromatic rings. The van der Waals surface area contributed by atoms with Crippen LogP contribution in [0.3, 0.4) is 0 Å². The van der Waals surface area contributed by atoms with E-state index in [1.54, 1.807) is 4.52 Å². The lowest BCUT2D eigenvalue weighted by Crippen LogP contribution is -2.28. The zero-order valence-corrected chi connectivity index (χ0v) is 10.3. The Morgan fingerprint density at radius 3 is 2.94 bits per heavy atom. The van der Waals surface area contributed by atoms with Gasteiger partial charge in [-0.25, -0.2) is 9.50 Å². The molecule has 0 aromatic carbocycles. The first kappa shape index (κ1) is 12.4. The van der Waals surface area contributed by atoms with Crippen molar-refractivity contribution in [1.29, 1.82) is 0 Å². The Hall–Kier alpha value is -2.02. The second kappa shape index (κ2) is 5.09. The van der Waals surface area contributed by atoms with Crippen molar-refractivity contribution in [3.8, 4) is 0 Å². The third kappa shape index (κ3) is 2.62. The molecule has 0 bridgehead atoms. The van der Waals surface area contributed by atoms with E-state index < -0.39 is 0 Å².